The molecular formula is C29H45NO10. The number of carbonyl (C=O) groups excluding carboxylic acids is 4. The smallest absolute Gasteiger partial charge is 0.468 e. The maximum absolute atomic E-state index is 12.4. The van der Waals surface area contributed by atoms with E-state index in [1.54, 1.807) is 26.8 Å². The summed E-state index contributed by atoms with van der Waals surface area (Å²) in [7, 11) is 1.27. The molecule has 3 unspecified atom stereocenters. The molecule has 0 saturated carbocycles. The molecule has 0 spiro atoms. The minimum absolute atomic E-state index is 0.0444. The number of hydrogen-bond acceptors (Lipinski definition) is 11. The van der Waals surface area contributed by atoms with Crippen LogP contribution in [0.15, 0.2) is 18.2 Å². The van der Waals surface area contributed by atoms with E-state index in [1.807, 2.05) is 20.8 Å². The first-order valence-electron chi connectivity index (χ1n) is 13.9. The molecular weight excluding hydrogens is 522 g/mol. The van der Waals surface area contributed by atoms with Crippen LogP contribution in [0.5, 0.6) is 11.5 Å². The molecule has 11 heteroatoms. The predicted octanol–water partition coefficient (Wildman–Crippen LogP) is 5.36. The SMILES string of the molecule is CCCC(C)OC(=O)Oc1ccc(C[C@H](NCCOC(=O)C(C)CC)C(=O)OC)cc1OC(=O)OC(C)CCC. The first kappa shape index (κ1) is 34.7. The van der Waals surface area contributed by atoms with Crippen LogP contribution in [0.25, 0.3) is 0 Å². The standard InChI is InChI=1S/C29H45NO10/c1-8-11-20(5)37-28(33)39-24-14-13-22(18-25(24)40-29(34)38-21(6)12-9-2)17-23(27(32)35-7)30-15-16-36-26(31)19(4)10-3/h13-14,18-21,23,30H,8-12,15-17H2,1-7H3/t19?,20?,21?,23-/m0/s1. The van der Waals surface area contributed by atoms with Crippen LogP contribution in [0.4, 0.5) is 9.59 Å². The summed E-state index contributed by atoms with van der Waals surface area (Å²) in [4.78, 5) is 49.1. The van der Waals surface area contributed by atoms with Crippen molar-refractivity contribution in [1.82, 2.24) is 5.32 Å². The second-order valence-electron chi connectivity index (χ2n) is 9.63. The lowest BCUT2D eigenvalue weighted by Gasteiger charge is -2.19. The third kappa shape index (κ3) is 13.1. The Bertz CT molecular complexity index is 951. The highest BCUT2D eigenvalue weighted by Crippen LogP contribution is 2.30. The highest BCUT2D eigenvalue weighted by Gasteiger charge is 2.23. The fourth-order valence-corrected chi connectivity index (χ4v) is 3.64. The number of benzene rings is 1. The van der Waals surface area contributed by atoms with Crippen molar-refractivity contribution in [1.29, 1.82) is 0 Å². The summed E-state index contributed by atoms with van der Waals surface area (Å²) in [6, 6.07) is 3.76. The molecule has 1 rings (SSSR count). The summed E-state index contributed by atoms with van der Waals surface area (Å²) in [5, 5.41) is 3.02. The minimum Gasteiger partial charge on any atom is -0.468 e. The second kappa shape index (κ2) is 18.9. The Morgan fingerprint density at radius 1 is 0.825 bits per heavy atom. The summed E-state index contributed by atoms with van der Waals surface area (Å²) in [5.41, 5.74) is 0.573. The van der Waals surface area contributed by atoms with Gasteiger partial charge in [-0.2, -0.15) is 0 Å². The van der Waals surface area contributed by atoms with Crippen LogP contribution in [0.1, 0.15) is 79.2 Å². The van der Waals surface area contributed by atoms with Gasteiger partial charge in [0.15, 0.2) is 11.5 Å². The summed E-state index contributed by atoms with van der Waals surface area (Å²) in [6.07, 6.45) is 1.16. The summed E-state index contributed by atoms with van der Waals surface area (Å²) < 4.78 is 31.4. The first-order chi connectivity index (χ1) is 19.0. The van der Waals surface area contributed by atoms with Crippen LogP contribution in [0.2, 0.25) is 0 Å². The molecule has 0 aliphatic rings. The number of ether oxygens (including phenoxy) is 6. The number of hydrogen-bond donors (Lipinski definition) is 1. The Morgan fingerprint density at radius 3 is 1.93 bits per heavy atom. The van der Waals surface area contributed by atoms with Gasteiger partial charge in [0, 0.05) is 6.54 Å². The van der Waals surface area contributed by atoms with Crippen molar-refractivity contribution in [2.75, 3.05) is 20.3 Å². The number of carbonyl (C=O) groups is 4. The van der Waals surface area contributed by atoms with Crippen LogP contribution in [-0.2, 0) is 35.0 Å². The van der Waals surface area contributed by atoms with Gasteiger partial charge in [-0.25, -0.2) is 9.59 Å². The Kier molecular flexibility index (Phi) is 16.4. The molecule has 0 aliphatic heterocycles. The van der Waals surface area contributed by atoms with Crippen LogP contribution in [0.3, 0.4) is 0 Å². The lowest BCUT2D eigenvalue weighted by molar-refractivity contribution is -0.148. The predicted molar refractivity (Wildman–Crippen MR) is 147 cm³/mol. The van der Waals surface area contributed by atoms with Gasteiger partial charge >= 0.3 is 24.2 Å². The van der Waals surface area contributed by atoms with E-state index in [0.717, 1.165) is 12.8 Å². The third-order valence-electron chi connectivity index (χ3n) is 6.06. The van der Waals surface area contributed by atoms with E-state index in [4.69, 9.17) is 28.4 Å². The number of nitrogens with one attached hydrogen (secondary N) is 1. The van der Waals surface area contributed by atoms with Crippen molar-refractivity contribution in [2.24, 2.45) is 5.92 Å². The first-order valence-corrected chi connectivity index (χ1v) is 13.9. The molecule has 0 bridgehead atoms. The van der Waals surface area contributed by atoms with E-state index in [2.05, 4.69) is 5.32 Å². The zero-order valence-electron chi connectivity index (χ0n) is 24.8. The molecule has 0 aliphatic carbocycles. The molecule has 226 valence electrons. The van der Waals surface area contributed by atoms with Crippen molar-refractivity contribution in [3.63, 3.8) is 0 Å². The fourth-order valence-electron chi connectivity index (χ4n) is 3.64. The van der Waals surface area contributed by atoms with Crippen LogP contribution in [-0.4, -0.2) is 62.8 Å². The third-order valence-corrected chi connectivity index (χ3v) is 6.06. The topological polar surface area (TPSA) is 136 Å². The molecule has 11 nitrogen and oxygen atoms in total. The number of esters is 2. The van der Waals surface area contributed by atoms with E-state index in [-0.39, 0.29) is 55.2 Å². The van der Waals surface area contributed by atoms with Gasteiger partial charge in [0.2, 0.25) is 0 Å². The minimum atomic E-state index is -0.957. The van der Waals surface area contributed by atoms with Gasteiger partial charge < -0.3 is 33.7 Å². The quantitative estimate of drug-likeness (QED) is 0.113. The molecule has 40 heavy (non-hydrogen) atoms. The maximum atomic E-state index is 12.4. The Labute approximate surface area is 237 Å². The molecule has 1 aromatic carbocycles. The van der Waals surface area contributed by atoms with Gasteiger partial charge in [-0.1, -0.05) is 46.6 Å². The van der Waals surface area contributed by atoms with E-state index in [9.17, 15) is 19.2 Å². The molecule has 0 radical (unpaired) electrons. The molecule has 1 aromatic rings. The summed E-state index contributed by atoms with van der Waals surface area (Å²) >= 11 is 0. The lowest BCUT2D eigenvalue weighted by atomic mass is 10.1. The zero-order chi connectivity index (χ0) is 30.1. The summed E-state index contributed by atoms with van der Waals surface area (Å²) in [5.74, 6) is -1.16. The average Bonchev–Trinajstić information content (AvgIpc) is 2.90. The van der Waals surface area contributed by atoms with E-state index in [1.165, 1.54) is 19.2 Å². The highest BCUT2D eigenvalue weighted by atomic mass is 16.7. The molecule has 1 N–H and O–H groups in total. The van der Waals surface area contributed by atoms with Gasteiger partial charge in [0.1, 0.15) is 24.9 Å². The Hall–Kier alpha value is -3.34. The zero-order valence-corrected chi connectivity index (χ0v) is 24.8. The van der Waals surface area contributed by atoms with Crippen molar-refractivity contribution in [2.45, 2.75) is 98.3 Å². The monoisotopic (exact) mass is 567 g/mol. The van der Waals surface area contributed by atoms with Crippen LogP contribution < -0.4 is 14.8 Å². The fraction of sp³-hybridized carbons (Fsp3) is 0.655. The van der Waals surface area contributed by atoms with Gasteiger partial charge in [-0.3, -0.25) is 9.59 Å². The molecule has 0 saturated heterocycles. The maximum Gasteiger partial charge on any atom is 0.514 e. The van der Waals surface area contributed by atoms with Crippen LogP contribution >= 0.6 is 0 Å². The normalized spacial score (nSPS) is 13.8. The van der Waals surface area contributed by atoms with E-state index in [0.29, 0.717) is 24.8 Å². The van der Waals surface area contributed by atoms with Crippen molar-refractivity contribution in [3.8, 4) is 11.5 Å². The van der Waals surface area contributed by atoms with Crippen LogP contribution in [0, 0.1) is 5.92 Å². The van der Waals surface area contributed by atoms with Gasteiger partial charge in [0.05, 0.1) is 13.0 Å². The lowest BCUT2D eigenvalue weighted by Crippen LogP contribution is -2.41. The molecule has 0 heterocycles. The van der Waals surface area contributed by atoms with E-state index < -0.39 is 24.3 Å². The Morgan fingerprint density at radius 2 is 1.40 bits per heavy atom. The Balaban J connectivity index is 3.05. The molecule has 0 amide bonds. The number of methoxy groups -OCH3 is 1. The number of rotatable bonds is 17. The average molecular weight is 568 g/mol. The van der Waals surface area contributed by atoms with Crippen molar-refractivity contribution < 1.29 is 47.6 Å². The van der Waals surface area contributed by atoms with Gasteiger partial charge in [-0.05, 0) is 57.2 Å². The van der Waals surface area contributed by atoms with E-state index >= 15 is 0 Å². The molecule has 0 fully saturated rings. The molecule has 4 atom stereocenters. The highest BCUT2D eigenvalue weighted by molar-refractivity contribution is 5.76. The second-order valence-corrected chi connectivity index (χ2v) is 9.63. The molecule has 0 aromatic heterocycles. The van der Waals surface area contributed by atoms with Gasteiger partial charge in [0.25, 0.3) is 0 Å². The summed E-state index contributed by atoms with van der Waals surface area (Å²) in [6.45, 7) is 11.4. The largest absolute Gasteiger partial charge is 0.514 e. The van der Waals surface area contributed by atoms with Crippen molar-refractivity contribution >= 4 is 24.2 Å². The van der Waals surface area contributed by atoms with Crippen molar-refractivity contribution in [3.05, 3.63) is 23.8 Å². The van der Waals surface area contributed by atoms with Gasteiger partial charge in [-0.15, -0.1) is 0 Å².